The van der Waals surface area contributed by atoms with Gasteiger partial charge in [0.1, 0.15) is 18.0 Å². The Morgan fingerprint density at radius 3 is 2.38 bits per heavy atom. The highest BCUT2D eigenvalue weighted by Crippen LogP contribution is 2.38. The Morgan fingerprint density at radius 2 is 1.90 bits per heavy atom. The van der Waals surface area contributed by atoms with Gasteiger partial charge in [0.05, 0.1) is 5.56 Å². The zero-order valence-electron chi connectivity index (χ0n) is 11.9. The molecule has 0 fully saturated rings. The molecule has 0 aliphatic carbocycles. The lowest BCUT2D eigenvalue weighted by Gasteiger charge is -2.27. The number of alkyl halides is 2. The molecule has 0 aromatic heterocycles. The number of rotatable bonds is 5. The highest BCUT2D eigenvalue weighted by Gasteiger charge is 2.44. The monoisotopic (exact) mass is 305 g/mol. The number of hydrogen-bond donors (Lipinski definition) is 2. The predicted molar refractivity (Wildman–Crippen MR) is 70.2 cm³/mol. The third-order valence-corrected chi connectivity index (χ3v) is 3.12. The summed E-state index contributed by atoms with van der Waals surface area (Å²) in [7, 11) is 0. The number of carbonyl (C=O) groups excluding carboxylic acids is 1. The van der Waals surface area contributed by atoms with E-state index in [0.717, 1.165) is 6.07 Å². The molecule has 0 heterocycles. The number of amides is 1. The van der Waals surface area contributed by atoms with Crippen LogP contribution in [0.4, 0.5) is 18.0 Å². The average molecular weight is 305 g/mol. The van der Waals surface area contributed by atoms with Gasteiger partial charge in [-0.3, -0.25) is 0 Å². The second-order valence-corrected chi connectivity index (χ2v) is 5.10. The third kappa shape index (κ3) is 3.66. The molecule has 1 amide bonds. The van der Waals surface area contributed by atoms with E-state index in [4.69, 9.17) is 5.73 Å². The first-order chi connectivity index (χ1) is 9.59. The van der Waals surface area contributed by atoms with Gasteiger partial charge in [-0.05, 0) is 18.9 Å². The number of hydrogen-bond acceptors (Lipinski definition) is 3. The summed E-state index contributed by atoms with van der Waals surface area (Å²) >= 11 is 0. The molecule has 1 rings (SSSR count). The maximum Gasteiger partial charge on any atom is 0.405 e. The van der Waals surface area contributed by atoms with Gasteiger partial charge in [-0.25, -0.2) is 9.18 Å². The van der Waals surface area contributed by atoms with Gasteiger partial charge >= 0.3 is 12.0 Å². The van der Waals surface area contributed by atoms with Gasteiger partial charge < -0.3 is 15.6 Å². The van der Waals surface area contributed by atoms with E-state index >= 15 is 0 Å². The van der Waals surface area contributed by atoms with Crippen molar-refractivity contribution in [1.29, 1.82) is 0 Å². The lowest BCUT2D eigenvalue weighted by atomic mass is 9.93. The molecule has 0 radical (unpaired) electrons. The second kappa shape index (κ2) is 6.34. The summed E-state index contributed by atoms with van der Waals surface area (Å²) in [4.78, 5) is 10.7. The number of carbonyl (C=O) groups is 1. The molecule has 0 aliphatic rings. The minimum Gasteiger partial charge on any atom is -0.442 e. The van der Waals surface area contributed by atoms with Gasteiger partial charge in [0, 0.05) is 5.56 Å². The topological polar surface area (TPSA) is 72.6 Å². The number of aliphatic hydroxyl groups is 1. The standard InChI is InChI=1S/C14H18F3NO3/c1-7(2)12(19)14(16,17)10-6-4-5-9(11(10)15)8(3)21-13(18)20/h4-8,12,19H,1-3H3,(H2,18,20)/t8-,12?/m1/s1. The van der Waals surface area contributed by atoms with E-state index < -0.39 is 41.5 Å². The number of aliphatic hydroxyl groups excluding tert-OH is 1. The van der Waals surface area contributed by atoms with Crippen LogP contribution in [-0.2, 0) is 10.7 Å². The number of primary amides is 1. The van der Waals surface area contributed by atoms with E-state index in [2.05, 4.69) is 4.74 Å². The molecule has 0 bridgehead atoms. The molecule has 3 N–H and O–H groups in total. The molecule has 0 saturated heterocycles. The summed E-state index contributed by atoms with van der Waals surface area (Å²) in [6.07, 6.45) is -4.29. The highest BCUT2D eigenvalue weighted by atomic mass is 19.3. The molecule has 0 aliphatic heterocycles. The van der Waals surface area contributed by atoms with E-state index in [1.54, 1.807) is 0 Å². The minimum atomic E-state index is -3.76. The van der Waals surface area contributed by atoms with Crippen LogP contribution in [0.15, 0.2) is 18.2 Å². The van der Waals surface area contributed by atoms with E-state index in [0.29, 0.717) is 0 Å². The Hall–Kier alpha value is -1.76. The van der Waals surface area contributed by atoms with Crippen LogP contribution in [0.2, 0.25) is 0 Å². The van der Waals surface area contributed by atoms with Crippen LogP contribution in [0.3, 0.4) is 0 Å². The van der Waals surface area contributed by atoms with Gasteiger partial charge in [-0.15, -0.1) is 0 Å². The lowest BCUT2D eigenvalue weighted by Crippen LogP contribution is -2.36. The molecule has 21 heavy (non-hydrogen) atoms. The highest BCUT2D eigenvalue weighted by molar-refractivity contribution is 5.65. The smallest absolute Gasteiger partial charge is 0.405 e. The first-order valence-corrected chi connectivity index (χ1v) is 6.39. The van der Waals surface area contributed by atoms with E-state index in [1.165, 1.54) is 32.9 Å². The van der Waals surface area contributed by atoms with Crippen molar-refractivity contribution in [2.75, 3.05) is 0 Å². The third-order valence-electron chi connectivity index (χ3n) is 3.12. The average Bonchev–Trinajstić information content (AvgIpc) is 2.36. The molecule has 2 atom stereocenters. The fraction of sp³-hybridized carbons (Fsp3) is 0.500. The molecule has 0 saturated carbocycles. The zero-order chi connectivity index (χ0) is 16.4. The quantitative estimate of drug-likeness (QED) is 0.878. The lowest BCUT2D eigenvalue weighted by molar-refractivity contribution is -0.134. The Morgan fingerprint density at radius 1 is 1.33 bits per heavy atom. The molecule has 4 nitrogen and oxygen atoms in total. The van der Waals surface area contributed by atoms with Gasteiger partial charge in [0.25, 0.3) is 0 Å². The Labute approximate surface area is 120 Å². The number of nitrogens with two attached hydrogens (primary N) is 1. The van der Waals surface area contributed by atoms with Gasteiger partial charge in [-0.2, -0.15) is 8.78 Å². The molecule has 1 aromatic carbocycles. The summed E-state index contributed by atoms with van der Waals surface area (Å²) < 4.78 is 47.1. The first-order valence-electron chi connectivity index (χ1n) is 6.39. The Balaban J connectivity index is 3.25. The second-order valence-electron chi connectivity index (χ2n) is 5.10. The van der Waals surface area contributed by atoms with Crippen molar-refractivity contribution in [3.63, 3.8) is 0 Å². The van der Waals surface area contributed by atoms with Crippen molar-refractivity contribution in [2.45, 2.75) is 38.9 Å². The van der Waals surface area contributed by atoms with Crippen LogP contribution >= 0.6 is 0 Å². The number of ether oxygens (including phenoxy) is 1. The first kappa shape index (κ1) is 17.3. The minimum absolute atomic E-state index is 0.234. The largest absolute Gasteiger partial charge is 0.442 e. The fourth-order valence-corrected chi connectivity index (χ4v) is 1.94. The van der Waals surface area contributed by atoms with E-state index in [1.807, 2.05) is 0 Å². The van der Waals surface area contributed by atoms with E-state index in [-0.39, 0.29) is 5.56 Å². The maximum atomic E-state index is 14.3. The van der Waals surface area contributed by atoms with Crippen LogP contribution in [0.1, 0.15) is 38.0 Å². The number of benzene rings is 1. The zero-order valence-corrected chi connectivity index (χ0v) is 11.9. The van der Waals surface area contributed by atoms with E-state index in [9.17, 15) is 23.1 Å². The van der Waals surface area contributed by atoms with Crippen LogP contribution in [0.5, 0.6) is 0 Å². The molecular weight excluding hydrogens is 287 g/mol. The van der Waals surface area contributed by atoms with Gasteiger partial charge in [-0.1, -0.05) is 26.0 Å². The maximum absolute atomic E-state index is 14.3. The summed E-state index contributed by atoms with van der Waals surface area (Å²) in [6.45, 7) is 4.11. The number of halogens is 3. The normalized spacial score (nSPS) is 14.9. The summed E-state index contributed by atoms with van der Waals surface area (Å²) in [5.74, 6) is -5.75. The van der Waals surface area contributed by atoms with Gasteiger partial charge in [0.2, 0.25) is 0 Å². The predicted octanol–water partition coefficient (Wildman–Crippen LogP) is 3.09. The van der Waals surface area contributed by atoms with Crippen molar-refractivity contribution >= 4 is 6.09 Å². The molecule has 118 valence electrons. The fourth-order valence-electron chi connectivity index (χ4n) is 1.94. The van der Waals surface area contributed by atoms with Gasteiger partial charge in [0.15, 0.2) is 0 Å². The van der Waals surface area contributed by atoms with Crippen molar-refractivity contribution in [2.24, 2.45) is 11.7 Å². The molecular formula is C14H18F3NO3. The summed E-state index contributed by atoms with van der Waals surface area (Å²) in [6, 6.07) is 3.31. The van der Waals surface area contributed by atoms with Crippen LogP contribution in [0, 0.1) is 11.7 Å². The van der Waals surface area contributed by atoms with Crippen molar-refractivity contribution in [1.82, 2.24) is 0 Å². The van der Waals surface area contributed by atoms with Crippen molar-refractivity contribution in [3.8, 4) is 0 Å². The molecule has 1 unspecified atom stereocenters. The van der Waals surface area contributed by atoms with Crippen LogP contribution in [0.25, 0.3) is 0 Å². The van der Waals surface area contributed by atoms with Crippen LogP contribution in [-0.4, -0.2) is 17.3 Å². The van der Waals surface area contributed by atoms with Crippen LogP contribution < -0.4 is 5.73 Å². The summed E-state index contributed by atoms with van der Waals surface area (Å²) in [5, 5.41) is 9.58. The molecule has 7 heteroatoms. The van der Waals surface area contributed by atoms with Crippen molar-refractivity contribution < 1.29 is 27.8 Å². The molecule has 1 aromatic rings. The van der Waals surface area contributed by atoms with Crippen molar-refractivity contribution in [3.05, 3.63) is 35.1 Å². The Bertz CT molecular complexity index is 520. The Kier molecular flexibility index (Phi) is 5.22. The SMILES string of the molecule is CC(C)C(O)C(F)(F)c1cccc([C@@H](C)OC(N)=O)c1F. The summed E-state index contributed by atoms with van der Waals surface area (Å²) in [5.41, 5.74) is 3.64. The molecule has 0 spiro atoms.